The van der Waals surface area contributed by atoms with Crippen LogP contribution in [0.1, 0.15) is 45.1 Å². The molecule has 1 aromatic carbocycles. The van der Waals surface area contributed by atoms with Gasteiger partial charge in [-0.15, -0.1) is 0 Å². The molecule has 0 atom stereocenters. The first-order valence-corrected chi connectivity index (χ1v) is 11.8. The van der Waals surface area contributed by atoms with E-state index in [1.807, 2.05) is 65.1 Å². The van der Waals surface area contributed by atoms with Gasteiger partial charge in [0, 0.05) is 55.5 Å². The SMILES string of the molecule is C#Cn1cc(CN2CCN(C(=O)OC(C)(C)C)CC2)sc1=NCc1ccccc1N.CC. The number of carbonyl (C=O) groups excluding carboxylic acids is 1. The molecule has 0 saturated carbocycles. The summed E-state index contributed by atoms with van der Waals surface area (Å²) in [6.07, 6.45) is 7.37. The number of nitrogens with two attached hydrogens (primary N) is 1. The van der Waals surface area contributed by atoms with Crippen molar-refractivity contribution >= 4 is 23.1 Å². The predicted molar refractivity (Wildman–Crippen MR) is 131 cm³/mol. The van der Waals surface area contributed by atoms with Gasteiger partial charge in [-0.25, -0.2) is 4.79 Å². The maximum atomic E-state index is 12.2. The van der Waals surface area contributed by atoms with E-state index in [2.05, 4.69) is 15.9 Å². The van der Waals surface area contributed by atoms with Gasteiger partial charge in [-0.1, -0.05) is 49.8 Å². The summed E-state index contributed by atoms with van der Waals surface area (Å²) in [5.41, 5.74) is 7.24. The average molecular weight is 458 g/mol. The molecule has 32 heavy (non-hydrogen) atoms. The molecule has 0 radical (unpaired) electrons. The third-order valence-corrected chi connectivity index (χ3v) is 5.69. The summed E-state index contributed by atoms with van der Waals surface area (Å²) in [7, 11) is 0. The Morgan fingerprint density at radius 3 is 2.47 bits per heavy atom. The van der Waals surface area contributed by atoms with Gasteiger partial charge in [-0.05, 0) is 32.4 Å². The van der Waals surface area contributed by atoms with E-state index in [4.69, 9.17) is 16.9 Å². The van der Waals surface area contributed by atoms with Crippen molar-refractivity contribution in [3.63, 3.8) is 0 Å². The van der Waals surface area contributed by atoms with Gasteiger partial charge in [0.1, 0.15) is 5.60 Å². The number of terminal acetylenes is 1. The number of hydrogen-bond donors (Lipinski definition) is 1. The number of thiazole rings is 1. The maximum absolute atomic E-state index is 12.2. The first kappa shape index (κ1) is 25.5. The molecule has 7 nitrogen and oxygen atoms in total. The zero-order chi connectivity index (χ0) is 23.7. The Bertz CT molecular complexity index is 989. The van der Waals surface area contributed by atoms with E-state index in [1.165, 1.54) is 0 Å². The minimum absolute atomic E-state index is 0.246. The van der Waals surface area contributed by atoms with Crippen LogP contribution in [0, 0.1) is 12.5 Å². The molecule has 1 aliphatic heterocycles. The third kappa shape index (κ3) is 7.43. The minimum Gasteiger partial charge on any atom is -0.444 e. The van der Waals surface area contributed by atoms with E-state index < -0.39 is 5.60 Å². The van der Waals surface area contributed by atoms with E-state index in [9.17, 15) is 4.79 Å². The molecule has 0 unspecified atom stereocenters. The molecular formula is C24H35N5O2S. The molecule has 8 heteroatoms. The number of benzene rings is 1. The van der Waals surface area contributed by atoms with E-state index in [0.29, 0.717) is 19.6 Å². The van der Waals surface area contributed by atoms with Crippen LogP contribution in [0.2, 0.25) is 0 Å². The third-order valence-electron chi connectivity index (χ3n) is 4.68. The van der Waals surface area contributed by atoms with Crippen molar-refractivity contribution in [2.75, 3.05) is 31.9 Å². The normalized spacial score (nSPS) is 15.0. The number of para-hydroxylation sites is 1. The van der Waals surface area contributed by atoms with Gasteiger partial charge >= 0.3 is 6.09 Å². The molecule has 174 valence electrons. The molecule has 1 fully saturated rings. The highest BCUT2D eigenvalue weighted by molar-refractivity contribution is 7.09. The summed E-state index contributed by atoms with van der Waals surface area (Å²) in [5.74, 6) is 0. The van der Waals surface area contributed by atoms with Crippen LogP contribution in [0.25, 0.3) is 0 Å². The summed E-state index contributed by atoms with van der Waals surface area (Å²) >= 11 is 1.58. The number of nitrogens with zero attached hydrogens (tertiary/aromatic N) is 4. The number of piperazine rings is 1. The second-order valence-electron chi connectivity index (χ2n) is 8.24. The van der Waals surface area contributed by atoms with Gasteiger partial charge in [-0.3, -0.25) is 14.5 Å². The maximum Gasteiger partial charge on any atom is 0.410 e. The van der Waals surface area contributed by atoms with Crippen molar-refractivity contribution in [2.24, 2.45) is 4.99 Å². The molecule has 2 heterocycles. The van der Waals surface area contributed by atoms with Gasteiger partial charge in [0.2, 0.25) is 0 Å². The fourth-order valence-corrected chi connectivity index (χ4v) is 4.11. The number of ether oxygens (including phenoxy) is 1. The van der Waals surface area contributed by atoms with Gasteiger partial charge in [-0.2, -0.15) is 0 Å². The van der Waals surface area contributed by atoms with Gasteiger partial charge in [0.25, 0.3) is 0 Å². The van der Waals surface area contributed by atoms with Crippen molar-refractivity contribution in [2.45, 2.75) is 53.3 Å². The number of aromatic nitrogens is 1. The standard InChI is InChI=1S/C22H29N5O2S.C2H6/c1-5-26-16-18(30-20(26)24-14-17-8-6-7-9-19(17)23)15-25-10-12-27(13-11-25)21(28)29-22(2,3)4;1-2/h1,6-9,16H,10-15,23H2,2-4H3;1-2H3. The Labute approximate surface area is 195 Å². The Morgan fingerprint density at radius 2 is 1.88 bits per heavy atom. The first-order chi connectivity index (χ1) is 15.2. The fraction of sp³-hybridized carbons (Fsp3) is 0.500. The average Bonchev–Trinajstić information content (AvgIpc) is 3.15. The lowest BCUT2D eigenvalue weighted by Crippen LogP contribution is -2.49. The lowest BCUT2D eigenvalue weighted by molar-refractivity contribution is 0.0139. The van der Waals surface area contributed by atoms with E-state index >= 15 is 0 Å². The fourth-order valence-electron chi connectivity index (χ4n) is 3.13. The van der Waals surface area contributed by atoms with Crippen LogP contribution in [0.15, 0.2) is 35.5 Å². The highest BCUT2D eigenvalue weighted by Gasteiger charge is 2.26. The van der Waals surface area contributed by atoms with E-state index in [-0.39, 0.29) is 6.09 Å². The molecule has 1 aliphatic rings. The summed E-state index contributed by atoms with van der Waals surface area (Å²) in [6, 6.07) is 10.4. The van der Waals surface area contributed by atoms with E-state index in [1.54, 1.807) is 20.8 Å². The Morgan fingerprint density at radius 1 is 1.22 bits per heavy atom. The Kier molecular flexibility index (Phi) is 9.36. The Balaban J connectivity index is 0.00000176. The summed E-state index contributed by atoms with van der Waals surface area (Å²) in [6.45, 7) is 13.8. The second-order valence-corrected chi connectivity index (χ2v) is 9.33. The topological polar surface area (TPSA) is 76.1 Å². The van der Waals surface area contributed by atoms with Gasteiger partial charge in [0.05, 0.1) is 6.54 Å². The molecule has 1 saturated heterocycles. The van der Waals surface area contributed by atoms with Crippen molar-refractivity contribution in [3.8, 4) is 12.5 Å². The lowest BCUT2D eigenvalue weighted by atomic mass is 10.2. The van der Waals surface area contributed by atoms with Crippen molar-refractivity contribution < 1.29 is 9.53 Å². The summed E-state index contributed by atoms with van der Waals surface area (Å²) in [4.78, 5) is 22.9. The van der Waals surface area contributed by atoms with Crippen LogP contribution >= 0.6 is 11.3 Å². The van der Waals surface area contributed by atoms with Gasteiger partial charge < -0.3 is 15.4 Å². The molecule has 2 aromatic rings. The number of rotatable bonds is 4. The smallest absolute Gasteiger partial charge is 0.410 e. The molecule has 3 rings (SSSR count). The number of anilines is 1. The highest BCUT2D eigenvalue weighted by atomic mass is 32.1. The molecular weight excluding hydrogens is 422 g/mol. The van der Waals surface area contributed by atoms with Crippen LogP contribution in [0.5, 0.6) is 0 Å². The molecule has 0 spiro atoms. The van der Waals surface area contributed by atoms with Crippen molar-refractivity contribution in [1.29, 1.82) is 0 Å². The summed E-state index contributed by atoms with van der Waals surface area (Å²) < 4.78 is 7.18. The Hall–Kier alpha value is -2.76. The summed E-state index contributed by atoms with van der Waals surface area (Å²) in [5, 5.41) is 0. The quantitative estimate of drug-likeness (QED) is 0.560. The van der Waals surface area contributed by atoms with Crippen LogP contribution in [0.3, 0.4) is 0 Å². The predicted octanol–water partition coefficient (Wildman–Crippen LogP) is 3.75. The number of nitrogen functional groups attached to an aromatic ring is 1. The molecule has 0 bridgehead atoms. The highest BCUT2D eigenvalue weighted by Crippen LogP contribution is 2.15. The minimum atomic E-state index is -0.474. The molecule has 0 aliphatic carbocycles. The van der Waals surface area contributed by atoms with Gasteiger partial charge in [0.15, 0.2) is 4.80 Å². The van der Waals surface area contributed by atoms with Crippen LogP contribution in [-0.2, 0) is 17.8 Å². The lowest BCUT2D eigenvalue weighted by Gasteiger charge is -2.35. The second kappa shape index (κ2) is 11.7. The molecule has 2 N–H and O–H groups in total. The largest absolute Gasteiger partial charge is 0.444 e. The van der Waals surface area contributed by atoms with Crippen LogP contribution < -0.4 is 10.5 Å². The van der Waals surface area contributed by atoms with E-state index in [0.717, 1.165) is 40.6 Å². The van der Waals surface area contributed by atoms with Crippen LogP contribution in [0.4, 0.5) is 10.5 Å². The molecule has 1 aromatic heterocycles. The van der Waals surface area contributed by atoms with Crippen LogP contribution in [-0.4, -0.2) is 52.2 Å². The first-order valence-electron chi connectivity index (χ1n) is 11.0. The zero-order valence-electron chi connectivity index (χ0n) is 19.8. The van der Waals surface area contributed by atoms with Crippen molar-refractivity contribution in [3.05, 3.63) is 45.7 Å². The number of carbonyl (C=O) groups is 1. The monoisotopic (exact) mass is 457 g/mol. The van der Waals surface area contributed by atoms with Crippen molar-refractivity contribution in [1.82, 2.24) is 14.4 Å². The number of amides is 1. The zero-order valence-corrected chi connectivity index (χ0v) is 20.6. The molecule has 1 amide bonds. The number of hydrogen-bond acceptors (Lipinski definition) is 6.